The van der Waals surface area contributed by atoms with Gasteiger partial charge in [0.2, 0.25) is 11.8 Å². The van der Waals surface area contributed by atoms with Crippen LogP contribution in [0.25, 0.3) is 10.2 Å². The number of amides is 2. The van der Waals surface area contributed by atoms with Crippen molar-refractivity contribution in [2.75, 3.05) is 31.5 Å². The number of thiazole rings is 1. The maximum atomic E-state index is 12.4. The lowest BCUT2D eigenvalue weighted by atomic mass is 9.97. The summed E-state index contributed by atoms with van der Waals surface area (Å²) in [7, 11) is 0. The number of para-hydroxylation sites is 1. The van der Waals surface area contributed by atoms with Crippen LogP contribution in [0.4, 0.5) is 5.13 Å². The van der Waals surface area contributed by atoms with Gasteiger partial charge < -0.3 is 10.6 Å². The van der Waals surface area contributed by atoms with Gasteiger partial charge >= 0.3 is 0 Å². The summed E-state index contributed by atoms with van der Waals surface area (Å²) in [4.78, 5) is 31.1. The fourth-order valence-corrected chi connectivity index (χ4v) is 4.12. The molecule has 1 aliphatic heterocycles. The Kier molecular flexibility index (Phi) is 6.57. The van der Waals surface area contributed by atoms with E-state index < -0.39 is 0 Å². The molecule has 2 heterocycles. The molecule has 2 amide bonds. The van der Waals surface area contributed by atoms with E-state index in [1.54, 1.807) is 0 Å². The van der Waals surface area contributed by atoms with Crippen molar-refractivity contribution in [3.05, 3.63) is 24.3 Å². The molecule has 1 aromatic carbocycles. The van der Waals surface area contributed by atoms with Crippen molar-refractivity contribution in [2.24, 2.45) is 5.92 Å². The van der Waals surface area contributed by atoms with Crippen LogP contribution in [-0.2, 0) is 9.59 Å². The van der Waals surface area contributed by atoms with Gasteiger partial charge in [-0.3, -0.25) is 14.5 Å². The highest BCUT2D eigenvalue weighted by Gasteiger charge is 2.26. The van der Waals surface area contributed by atoms with E-state index in [1.165, 1.54) is 11.3 Å². The summed E-state index contributed by atoms with van der Waals surface area (Å²) < 4.78 is 1.06. The Morgan fingerprint density at radius 2 is 2.19 bits per heavy atom. The molecule has 6 nitrogen and oxygen atoms in total. The van der Waals surface area contributed by atoms with Crippen LogP contribution in [0.5, 0.6) is 0 Å². The minimum atomic E-state index is -0.0731. The topological polar surface area (TPSA) is 74.3 Å². The summed E-state index contributed by atoms with van der Waals surface area (Å²) >= 11 is 1.48. The Morgan fingerprint density at radius 1 is 1.35 bits per heavy atom. The van der Waals surface area contributed by atoms with E-state index in [1.807, 2.05) is 24.3 Å². The zero-order valence-electron chi connectivity index (χ0n) is 15.2. The molecule has 26 heavy (non-hydrogen) atoms. The highest BCUT2D eigenvalue weighted by Crippen LogP contribution is 2.25. The number of anilines is 1. The lowest BCUT2D eigenvalue weighted by Gasteiger charge is -2.31. The largest absolute Gasteiger partial charge is 0.356 e. The van der Waals surface area contributed by atoms with Gasteiger partial charge in [-0.2, -0.15) is 0 Å². The van der Waals surface area contributed by atoms with E-state index in [-0.39, 0.29) is 17.7 Å². The molecule has 2 N–H and O–H groups in total. The summed E-state index contributed by atoms with van der Waals surface area (Å²) in [5.74, 6) is 0.0293. The molecular formula is C19H26N4O2S. The first-order chi connectivity index (χ1) is 12.7. The summed E-state index contributed by atoms with van der Waals surface area (Å²) in [5.41, 5.74) is 0.898. The normalized spacial score (nSPS) is 18.0. The minimum Gasteiger partial charge on any atom is -0.356 e. The maximum absolute atomic E-state index is 12.4. The van der Waals surface area contributed by atoms with Gasteiger partial charge in [-0.05, 0) is 37.9 Å². The molecular weight excluding hydrogens is 348 g/mol. The number of nitrogens with one attached hydrogen (secondary N) is 2. The van der Waals surface area contributed by atoms with Gasteiger partial charge in [0.25, 0.3) is 0 Å². The number of piperidine rings is 1. The molecule has 0 saturated carbocycles. The number of carbonyl (C=O) groups is 2. The van der Waals surface area contributed by atoms with Gasteiger partial charge in [0.15, 0.2) is 5.13 Å². The molecule has 1 aromatic heterocycles. The number of carbonyl (C=O) groups excluding carboxylic acids is 2. The van der Waals surface area contributed by atoms with Crippen molar-refractivity contribution < 1.29 is 9.59 Å². The number of likely N-dealkylation sites (tertiary alicyclic amines) is 1. The molecule has 2 aromatic rings. The van der Waals surface area contributed by atoms with Gasteiger partial charge in [-0.1, -0.05) is 36.8 Å². The lowest BCUT2D eigenvalue weighted by molar-refractivity contribution is -0.127. The lowest BCUT2D eigenvalue weighted by Crippen LogP contribution is -2.45. The van der Waals surface area contributed by atoms with E-state index in [0.29, 0.717) is 18.2 Å². The monoisotopic (exact) mass is 374 g/mol. The summed E-state index contributed by atoms with van der Waals surface area (Å²) in [5, 5.41) is 6.53. The van der Waals surface area contributed by atoms with E-state index in [4.69, 9.17) is 0 Å². The van der Waals surface area contributed by atoms with Gasteiger partial charge in [-0.15, -0.1) is 0 Å². The number of unbranched alkanes of at least 4 members (excludes halogenated alkanes) is 1. The van der Waals surface area contributed by atoms with Crippen LogP contribution in [0.3, 0.4) is 0 Å². The maximum Gasteiger partial charge on any atom is 0.240 e. The second-order valence-electron chi connectivity index (χ2n) is 6.75. The smallest absolute Gasteiger partial charge is 0.240 e. The average molecular weight is 375 g/mol. The quantitative estimate of drug-likeness (QED) is 0.731. The Balaban J connectivity index is 1.49. The first-order valence-electron chi connectivity index (χ1n) is 9.31. The van der Waals surface area contributed by atoms with Crippen LogP contribution in [0.2, 0.25) is 0 Å². The van der Waals surface area contributed by atoms with Crippen LogP contribution in [-0.4, -0.2) is 47.9 Å². The summed E-state index contributed by atoms with van der Waals surface area (Å²) in [6, 6.07) is 7.83. The second-order valence-corrected chi connectivity index (χ2v) is 7.78. The highest BCUT2D eigenvalue weighted by molar-refractivity contribution is 7.22. The van der Waals surface area contributed by atoms with Gasteiger partial charge in [0, 0.05) is 13.1 Å². The first-order valence-corrected chi connectivity index (χ1v) is 10.1. The third kappa shape index (κ3) is 5.02. The number of hydrogen-bond donors (Lipinski definition) is 2. The Labute approximate surface area is 158 Å². The van der Waals surface area contributed by atoms with Gasteiger partial charge in [0.05, 0.1) is 22.7 Å². The zero-order valence-corrected chi connectivity index (χ0v) is 16.0. The van der Waals surface area contributed by atoms with E-state index >= 15 is 0 Å². The molecule has 1 unspecified atom stereocenters. The first kappa shape index (κ1) is 18.8. The highest BCUT2D eigenvalue weighted by atomic mass is 32.1. The summed E-state index contributed by atoms with van der Waals surface area (Å²) in [6.45, 7) is 4.65. The number of rotatable bonds is 7. The van der Waals surface area contributed by atoms with E-state index in [2.05, 4.69) is 27.4 Å². The van der Waals surface area contributed by atoms with Crippen molar-refractivity contribution >= 4 is 38.5 Å². The van der Waals surface area contributed by atoms with Crippen molar-refractivity contribution in [3.8, 4) is 0 Å². The average Bonchev–Trinajstić information content (AvgIpc) is 3.04. The molecule has 140 valence electrons. The van der Waals surface area contributed by atoms with Crippen LogP contribution in [0.15, 0.2) is 24.3 Å². The number of aromatic nitrogens is 1. The Morgan fingerprint density at radius 3 is 3.00 bits per heavy atom. The Hall–Kier alpha value is -1.99. The zero-order chi connectivity index (χ0) is 18.4. The minimum absolute atomic E-state index is 0.0177. The fourth-order valence-electron chi connectivity index (χ4n) is 3.23. The second kappa shape index (κ2) is 9.09. The number of hydrogen-bond acceptors (Lipinski definition) is 5. The summed E-state index contributed by atoms with van der Waals surface area (Å²) in [6.07, 6.45) is 3.92. The molecule has 0 spiro atoms. The number of benzene rings is 1. The number of fused-ring (bicyclic) bond motifs is 1. The Bertz CT molecular complexity index is 728. The molecule has 1 atom stereocenters. The van der Waals surface area contributed by atoms with Crippen molar-refractivity contribution in [2.45, 2.75) is 32.6 Å². The van der Waals surface area contributed by atoms with Crippen LogP contribution in [0, 0.1) is 5.92 Å². The molecule has 1 fully saturated rings. The number of nitrogens with zero attached hydrogens (tertiary/aromatic N) is 2. The van der Waals surface area contributed by atoms with Crippen LogP contribution in [0.1, 0.15) is 32.6 Å². The molecule has 3 rings (SSSR count). The third-order valence-electron chi connectivity index (χ3n) is 4.61. The standard InChI is InChI=1S/C19H26N4O2S/c1-2-3-10-20-18(25)14-7-6-11-23(12-14)13-17(24)22-19-21-15-8-4-5-9-16(15)26-19/h4-5,8-9,14H,2-3,6-7,10-13H2,1H3,(H,20,25)(H,21,22,24). The molecule has 0 aliphatic carbocycles. The molecule has 1 aliphatic rings. The van der Waals surface area contributed by atoms with Gasteiger partial charge in [-0.25, -0.2) is 4.98 Å². The van der Waals surface area contributed by atoms with Gasteiger partial charge in [0.1, 0.15) is 0 Å². The predicted octanol–water partition coefficient (Wildman–Crippen LogP) is 2.86. The third-order valence-corrected chi connectivity index (χ3v) is 5.57. The molecule has 7 heteroatoms. The van der Waals surface area contributed by atoms with E-state index in [0.717, 1.165) is 49.0 Å². The fraction of sp³-hybridized carbons (Fsp3) is 0.526. The SMILES string of the molecule is CCCCNC(=O)C1CCCN(CC(=O)Nc2nc3ccccc3s2)C1. The van der Waals surface area contributed by atoms with E-state index in [9.17, 15) is 9.59 Å². The molecule has 1 saturated heterocycles. The van der Waals surface area contributed by atoms with Crippen molar-refractivity contribution in [3.63, 3.8) is 0 Å². The van der Waals surface area contributed by atoms with Crippen LogP contribution >= 0.6 is 11.3 Å². The van der Waals surface area contributed by atoms with Crippen LogP contribution < -0.4 is 10.6 Å². The molecule has 0 bridgehead atoms. The molecule has 0 radical (unpaired) electrons. The van der Waals surface area contributed by atoms with Crippen molar-refractivity contribution in [1.82, 2.24) is 15.2 Å². The van der Waals surface area contributed by atoms with Crippen molar-refractivity contribution in [1.29, 1.82) is 0 Å². The predicted molar refractivity (Wildman–Crippen MR) is 105 cm³/mol.